The molecule has 3 heterocycles. The molecule has 162 valence electrons. The van der Waals surface area contributed by atoms with Gasteiger partial charge in [-0.05, 0) is 37.8 Å². The van der Waals surface area contributed by atoms with Crippen molar-refractivity contribution in [1.29, 1.82) is 0 Å². The largest absolute Gasteiger partial charge is 0.376 e. The second kappa shape index (κ2) is 10.3. The molecule has 0 amide bonds. The highest BCUT2D eigenvalue weighted by Gasteiger charge is 2.38. The van der Waals surface area contributed by atoms with Crippen LogP contribution in [0.1, 0.15) is 37.4 Å². The lowest BCUT2D eigenvalue weighted by Crippen LogP contribution is -2.39. The standard InChI is InChI=1S/C23H28Cl2N2O3/c1-2-9-28-16-18-13-26(14-19-5-3-10-29-19)23(21-8-7-17(24)12-22(21)25)27(18)15-20-6-4-11-30-20/h1,7-8,12-13,19-20,23H,3-6,9-11,14-16H2. The van der Waals surface area contributed by atoms with Gasteiger partial charge in [-0.1, -0.05) is 35.2 Å². The molecule has 2 saturated heterocycles. The monoisotopic (exact) mass is 450 g/mol. The Morgan fingerprint density at radius 3 is 2.47 bits per heavy atom. The molecule has 0 saturated carbocycles. The number of hydrogen-bond acceptors (Lipinski definition) is 5. The van der Waals surface area contributed by atoms with Gasteiger partial charge < -0.3 is 24.0 Å². The van der Waals surface area contributed by atoms with Gasteiger partial charge in [0.15, 0.2) is 0 Å². The van der Waals surface area contributed by atoms with Crippen molar-refractivity contribution in [1.82, 2.24) is 9.80 Å². The van der Waals surface area contributed by atoms with E-state index >= 15 is 0 Å². The molecule has 3 atom stereocenters. The maximum absolute atomic E-state index is 6.67. The highest BCUT2D eigenvalue weighted by Crippen LogP contribution is 2.40. The van der Waals surface area contributed by atoms with Gasteiger partial charge in [0.05, 0.1) is 24.5 Å². The lowest BCUT2D eigenvalue weighted by Gasteiger charge is -2.37. The van der Waals surface area contributed by atoms with Crippen molar-refractivity contribution in [3.63, 3.8) is 0 Å². The van der Waals surface area contributed by atoms with E-state index in [9.17, 15) is 0 Å². The third-order valence-corrected chi connectivity index (χ3v) is 6.39. The number of ether oxygens (including phenoxy) is 3. The summed E-state index contributed by atoms with van der Waals surface area (Å²) in [6, 6.07) is 5.71. The highest BCUT2D eigenvalue weighted by atomic mass is 35.5. The Morgan fingerprint density at radius 1 is 1.10 bits per heavy atom. The molecule has 0 bridgehead atoms. The summed E-state index contributed by atoms with van der Waals surface area (Å²) in [5.41, 5.74) is 2.09. The van der Waals surface area contributed by atoms with Crippen molar-refractivity contribution in [2.24, 2.45) is 0 Å². The van der Waals surface area contributed by atoms with Gasteiger partial charge in [-0.25, -0.2) is 0 Å². The fourth-order valence-electron chi connectivity index (χ4n) is 4.47. The molecule has 1 aromatic carbocycles. The first-order chi connectivity index (χ1) is 14.7. The first kappa shape index (κ1) is 21.8. The molecule has 3 aliphatic heterocycles. The first-order valence-electron chi connectivity index (χ1n) is 10.6. The van der Waals surface area contributed by atoms with Crippen molar-refractivity contribution in [2.75, 3.05) is 39.5 Å². The lowest BCUT2D eigenvalue weighted by molar-refractivity contribution is 0.0260. The Hall–Kier alpha value is -1.42. The first-order valence-corrected chi connectivity index (χ1v) is 11.3. The maximum atomic E-state index is 6.67. The van der Waals surface area contributed by atoms with Gasteiger partial charge in [0.1, 0.15) is 12.8 Å². The molecule has 3 aliphatic rings. The van der Waals surface area contributed by atoms with Crippen molar-refractivity contribution >= 4 is 23.2 Å². The van der Waals surface area contributed by atoms with Crippen LogP contribution in [0.3, 0.4) is 0 Å². The fourth-order valence-corrected chi connectivity index (χ4v) is 4.97. The van der Waals surface area contributed by atoms with Gasteiger partial charge in [0, 0.05) is 48.1 Å². The number of nitrogens with zero attached hydrogens (tertiary/aromatic N) is 2. The maximum Gasteiger partial charge on any atom is 0.129 e. The van der Waals surface area contributed by atoms with E-state index in [0.29, 0.717) is 16.7 Å². The van der Waals surface area contributed by atoms with Crippen LogP contribution in [0.2, 0.25) is 10.0 Å². The number of terminal acetylenes is 1. The van der Waals surface area contributed by atoms with Crippen LogP contribution >= 0.6 is 23.2 Å². The van der Waals surface area contributed by atoms with Crippen molar-refractivity contribution in [3.05, 3.63) is 45.7 Å². The van der Waals surface area contributed by atoms with E-state index in [0.717, 1.165) is 63.2 Å². The van der Waals surface area contributed by atoms with Gasteiger partial charge in [-0.3, -0.25) is 0 Å². The van der Waals surface area contributed by atoms with E-state index in [4.69, 9.17) is 43.8 Å². The SMILES string of the molecule is C#CCOCC1=CN(CC2CCCO2)C(c2ccc(Cl)cc2Cl)N1CC1CCCO1. The highest BCUT2D eigenvalue weighted by molar-refractivity contribution is 6.35. The van der Waals surface area contributed by atoms with Crippen LogP contribution in [0.25, 0.3) is 0 Å². The van der Waals surface area contributed by atoms with Gasteiger partial charge in [0.25, 0.3) is 0 Å². The van der Waals surface area contributed by atoms with Crippen LogP contribution in [-0.2, 0) is 14.2 Å². The fraction of sp³-hybridized carbons (Fsp3) is 0.565. The molecule has 0 spiro atoms. The quantitative estimate of drug-likeness (QED) is 0.431. The van der Waals surface area contributed by atoms with Gasteiger partial charge >= 0.3 is 0 Å². The van der Waals surface area contributed by atoms with Crippen molar-refractivity contribution < 1.29 is 14.2 Å². The number of benzene rings is 1. The number of hydrogen-bond donors (Lipinski definition) is 0. The Labute approximate surface area is 188 Å². The summed E-state index contributed by atoms with van der Waals surface area (Å²) in [6.45, 7) is 3.94. The molecule has 4 rings (SSSR count). The summed E-state index contributed by atoms with van der Waals surface area (Å²) in [4.78, 5) is 4.66. The summed E-state index contributed by atoms with van der Waals surface area (Å²) >= 11 is 12.8. The normalized spacial score (nSPS) is 26.3. The second-order valence-electron chi connectivity index (χ2n) is 7.98. The zero-order chi connectivity index (χ0) is 20.9. The summed E-state index contributed by atoms with van der Waals surface area (Å²) < 4.78 is 17.6. The molecule has 1 aromatic rings. The van der Waals surface area contributed by atoms with Crippen LogP contribution in [0.15, 0.2) is 30.1 Å². The van der Waals surface area contributed by atoms with Crippen molar-refractivity contribution in [3.8, 4) is 12.3 Å². The lowest BCUT2D eigenvalue weighted by atomic mass is 10.1. The molecule has 0 aromatic heterocycles. The molecular weight excluding hydrogens is 423 g/mol. The molecule has 0 N–H and O–H groups in total. The molecule has 5 nitrogen and oxygen atoms in total. The average molecular weight is 451 g/mol. The Balaban J connectivity index is 1.64. The van der Waals surface area contributed by atoms with E-state index in [1.807, 2.05) is 12.1 Å². The molecular formula is C23H28Cl2N2O3. The number of rotatable bonds is 8. The summed E-state index contributed by atoms with van der Waals surface area (Å²) in [5, 5.41) is 1.28. The predicted octanol–water partition coefficient (Wildman–Crippen LogP) is 4.46. The average Bonchev–Trinajstić information content (AvgIpc) is 3.47. The summed E-state index contributed by atoms with van der Waals surface area (Å²) in [7, 11) is 0. The van der Waals surface area contributed by atoms with E-state index in [-0.39, 0.29) is 25.0 Å². The molecule has 2 fully saturated rings. The third-order valence-electron chi connectivity index (χ3n) is 5.83. The molecule has 0 aliphatic carbocycles. The molecule has 30 heavy (non-hydrogen) atoms. The van der Waals surface area contributed by atoms with E-state index in [1.165, 1.54) is 0 Å². The zero-order valence-electron chi connectivity index (χ0n) is 17.1. The molecule has 7 heteroatoms. The van der Waals surface area contributed by atoms with Crippen LogP contribution in [-0.4, -0.2) is 61.5 Å². The predicted molar refractivity (Wildman–Crippen MR) is 118 cm³/mol. The Kier molecular flexibility index (Phi) is 7.45. The van der Waals surface area contributed by atoms with E-state index in [1.54, 1.807) is 6.07 Å². The summed E-state index contributed by atoms with van der Waals surface area (Å²) in [5.74, 6) is 2.55. The minimum absolute atomic E-state index is 0.0624. The van der Waals surface area contributed by atoms with E-state index in [2.05, 4.69) is 21.9 Å². The van der Waals surface area contributed by atoms with Crippen LogP contribution in [0, 0.1) is 12.3 Å². The smallest absolute Gasteiger partial charge is 0.129 e. The van der Waals surface area contributed by atoms with Gasteiger partial charge in [0.2, 0.25) is 0 Å². The third kappa shape index (κ3) is 5.07. The Bertz CT molecular complexity index is 798. The Morgan fingerprint density at radius 2 is 1.83 bits per heavy atom. The summed E-state index contributed by atoms with van der Waals surface area (Å²) in [6.07, 6.45) is 12.2. The zero-order valence-corrected chi connectivity index (χ0v) is 18.6. The van der Waals surface area contributed by atoms with Crippen LogP contribution in [0.4, 0.5) is 0 Å². The minimum Gasteiger partial charge on any atom is -0.376 e. The van der Waals surface area contributed by atoms with Crippen LogP contribution in [0.5, 0.6) is 0 Å². The van der Waals surface area contributed by atoms with E-state index < -0.39 is 0 Å². The minimum atomic E-state index is -0.0624. The van der Waals surface area contributed by atoms with Crippen molar-refractivity contribution in [2.45, 2.75) is 44.1 Å². The number of halogens is 2. The molecule has 0 radical (unpaired) electrons. The topological polar surface area (TPSA) is 34.2 Å². The van der Waals surface area contributed by atoms with Gasteiger partial charge in [-0.15, -0.1) is 6.42 Å². The molecule has 3 unspecified atom stereocenters. The second-order valence-corrected chi connectivity index (χ2v) is 8.82. The van der Waals surface area contributed by atoms with Crippen LogP contribution < -0.4 is 0 Å². The van der Waals surface area contributed by atoms with Gasteiger partial charge in [-0.2, -0.15) is 0 Å².